The lowest BCUT2D eigenvalue weighted by Crippen LogP contribution is -2.34. The maximum absolute atomic E-state index is 13.4. The predicted molar refractivity (Wildman–Crippen MR) is 98.8 cm³/mol. The second kappa shape index (κ2) is 8.99. The third kappa shape index (κ3) is 5.40. The van der Waals surface area contributed by atoms with Crippen LogP contribution in [0.4, 0.5) is 10.4 Å². The fourth-order valence-electron chi connectivity index (χ4n) is 2.35. The van der Waals surface area contributed by atoms with E-state index in [0.29, 0.717) is 5.56 Å². The number of ether oxygens (including phenoxy) is 1. The zero-order chi connectivity index (χ0) is 20.8. The number of anilines is 1. The van der Waals surface area contributed by atoms with Gasteiger partial charge < -0.3 is 19.8 Å². The lowest BCUT2D eigenvalue weighted by molar-refractivity contribution is -0.135. The average molecular weight is 417 g/mol. The first kappa shape index (κ1) is 20.0. The van der Waals surface area contributed by atoms with Crippen LogP contribution in [0.15, 0.2) is 40.9 Å². The summed E-state index contributed by atoms with van der Waals surface area (Å²) in [4.78, 5) is 18.1. The van der Waals surface area contributed by atoms with Crippen molar-refractivity contribution in [2.45, 2.75) is 13.1 Å². The molecule has 9 nitrogen and oxygen atoms in total. The summed E-state index contributed by atoms with van der Waals surface area (Å²) in [6.07, 6.45) is 1.48. The summed E-state index contributed by atoms with van der Waals surface area (Å²) in [7, 11) is 0. The molecule has 0 fully saturated rings. The zero-order valence-corrected chi connectivity index (χ0v) is 15.6. The first-order valence-electron chi connectivity index (χ1n) is 8.23. The molecule has 2 N–H and O–H groups in total. The number of rotatable bonds is 7. The van der Waals surface area contributed by atoms with Crippen molar-refractivity contribution >= 4 is 23.5 Å². The fourth-order valence-corrected chi connectivity index (χ4v) is 2.52. The van der Waals surface area contributed by atoms with Crippen LogP contribution in [0, 0.1) is 17.1 Å². The Kier molecular flexibility index (Phi) is 6.21. The molecule has 0 aliphatic heterocycles. The lowest BCUT2D eigenvalue weighted by Gasteiger charge is -2.21. The molecule has 148 valence electrons. The molecule has 0 unspecified atom stereocenters. The topological polar surface area (TPSA) is 131 Å². The van der Waals surface area contributed by atoms with Crippen LogP contribution in [-0.2, 0) is 17.9 Å². The molecule has 0 bridgehead atoms. The number of nitrogens with zero attached hydrogens (tertiary/aromatic N) is 5. The fraction of sp³-hybridized carbons (Fsp3) is 0.167. The van der Waals surface area contributed by atoms with Crippen molar-refractivity contribution < 1.29 is 18.3 Å². The number of aromatic nitrogens is 3. The molecule has 1 amide bonds. The molecular formula is C18H14ClFN6O3. The monoisotopic (exact) mass is 416 g/mol. The smallest absolute Gasteiger partial charge is 0.312 e. The van der Waals surface area contributed by atoms with Gasteiger partial charge in [-0.2, -0.15) is 5.26 Å². The number of halogens is 2. The van der Waals surface area contributed by atoms with Crippen LogP contribution < -0.4 is 10.5 Å². The van der Waals surface area contributed by atoms with Gasteiger partial charge in [-0.1, -0.05) is 22.8 Å². The van der Waals surface area contributed by atoms with Crippen molar-refractivity contribution in [2.75, 3.05) is 12.3 Å². The number of nitrogen functional groups attached to an aromatic ring is 1. The van der Waals surface area contributed by atoms with Gasteiger partial charge in [0.1, 0.15) is 23.3 Å². The number of pyridine rings is 1. The number of carbonyl (C=O) groups is 1. The summed E-state index contributed by atoms with van der Waals surface area (Å²) in [6.45, 7) is -0.320. The molecule has 0 radical (unpaired) electrons. The van der Waals surface area contributed by atoms with Gasteiger partial charge in [-0.3, -0.25) is 4.79 Å². The molecule has 2 aromatic heterocycles. The number of benzene rings is 1. The molecule has 0 atom stereocenters. The molecule has 0 saturated carbocycles. The summed E-state index contributed by atoms with van der Waals surface area (Å²) in [5.74, 6) is -0.826. The molecule has 0 aliphatic rings. The van der Waals surface area contributed by atoms with E-state index in [1.807, 2.05) is 6.07 Å². The number of carbonyl (C=O) groups excluding carboxylic acids is 1. The van der Waals surface area contributed by atoms with Gasteiger partial charge in [0.2, 0.25) is 5.89 Å². The molecular weight excluding hydrogens is 403 g/mol. The highest BCUT2D eigenvalue weighted by atomic mass is 35.5. The van der Waals surface area contributed by atoms with Crippen molar-refractivity contribution in [3.05, 3.63) is 64.5 Å². The molecule has 0 spiro atoms. The van der Waals surface area contributed by atoms with Crippen molar-refractivity contribution in [1.29, 1.82) is 5.26 Å². The minimum atomic E-state index is -0.543. The van der Waals surface area contributed by atoms with Crippen molar-refractivity contribution in [3.8, 4) is 11.8 Å². The van der Waals surface area contributed by atoms with E-state index in [1.54, 1.807) is 6.07 Å². The van der Waals surface area contributed by atoms with E-state index in [0.717, 1.165) is 6.07 Å². The van der Waals surface area contributed by atoms with E-state index in [1.165, 1.54) is 29.3 Å². The van der Waals surface area contributed by atoms with Crippen LogP contribution in [0.5, 0.6) is 5.75 Å². The van der Waals surface area contributed by atoms with Crippen LogP contribution in [-0.4, -0.2) is 32.6 Å². The average Bonchev–Trinajstić information content (AvgIpc) is 3.13. The quantitative estimate of drug-likeness (QED) is 0.620. The van der Waals surface area contributed by atoms with Crippen LogP contribution in [0.3, 0.4) is 0 Å². The Bertz CT molecular complexity index is 1050. The Balaban J connectivity index is 1.74. The summed E-state index contributed by atoms with van der Waals surface area (Å²) in [5, 5.41) is 16.3. The minimum Gasteiger partial charge on any atom is -0.482 e. The third-order valence-corrected chi connectivity index (χ3v) is 4.03. The van der Waals surface area contributed by atoms with E-state index in [-0.39, 0.29) is 41.5 Å². The standard InChI is InChI=1S/C18H14ClFN6O3/c19-14-4-2-12(20)5-15(14)28-10-17(27)26(9-16-24-25-18(22)29-16)8-11-1-3-13(6-21)23-7-11/h1-5,7H,8-10H2,(H2,22,25). The van der Waals surface area contributed by atoms with Crippen molar-refractivity contribution in [3.63, 3.8) is 0 Å². The molecule has 3 aromatic rings. The largest absolute Gasteiger partial charge is 0.482 e. The van der Waals surface area contributed by atoms with Crippen LogP contribution in [0.2, 0.25) is 5.02 Å². The number of hydrogen-bond donors (Lipinski definition) is 1. The zero-order valence-electron chi connectivity index (χ0n) is 14.9. The maximum atomic E-state index is 13.4. The van der Waals surface area contributed by atoms with E-state index >= 15 is 0 Å². The molecule has 1 aromatic carbocycles. The summed E-state index contributed by atoms with van der Waals surface area (Å²) in [5.41, 5.74) is 6.33. The van der Waals surface area contributed by atoms with Crippen LogP contribution in [0.25, 0.3) is 0 Å². The van der Waals surface area contributed by atoms with Gasteiger partial charge in [-0.05, 0) is 23.8 Å². The predicted octanol–water partition coefficient (Wildman–Crippen LogP) is 2.32. The van der Waals surface area contributed by atoms with Crippen molar-refractivity contribution in [1.82, 2.24) is 20.1 Å². The Morgan fingerprint density at radius 2 is 2.14 bits per heavy atom. The Labute approximate surface area is 169 Å². The van der Waals surface area contributed by atoms with E-state index < -0.39 is 18.3 Å². The van der Waals surface area contributed by atoms with Gasteiger partial charge in [-0.25, -0.2) is 9.37 Å². The Morgan fingerprint density at radius 1 is 1.31 bits per heavy atom. The SMILES string of the molecule is N#Cc1ccc(CN(Cc2nnc(N)o2)C(=O)COc2cc(F)ccc2Cl)cn1. The molecule has 2 heterocycles. The Morgan fingerprint density at radius 3 is 2.79 bits per heavy atom. The molecule has 0 aliphatic carbocycles. The van der Waals surface area contributed by atoms with E-state index in [4.69, 9.17) is 31.8 Å². The first-order valence-corrected chi connectivity index (χ1v) is 8.61. The van der Waals surface area contributed by atoms with Gasteiger partial charge in [0.25, 0.3) is 5.91 Å². The van der Waals surface area contributed by atoms with E-state index in [9.17, 15) is 9.18 Å². The molecule has 11 heteroatoms. The summed E-state index contributed by atoms with van der Waals surface area (Å²) >= 11 is 5.95. The summed E-state index contributed by atoms with van der Waals surface area (Å²) < 4.78 is 23.9. The normalized spacial score (nSPS) is 10.4. The highest BCUT2D eigenvalue weighted by Gasteiger charge is 2.19. The summed E-state index contributed by atoms with van der Waals surface area (Å²) in [6, 6.07) is 8.59. The highest BCUT2D eigenvalue weighted by Crippen LogP contribution is 2.25. The van der Waals surface area contributed by atoms with Gasteiger partial charge in [0.05, 0.1) is 11.6 Å². The van der Waals surface area contributed by atoms with Gasteiger partial charge in [-0.15, -0.1) is 5.10 Å². The van der Waals surface area contributed by atoms with Gasteiger partial charge >= 0.3 is 6.01 Å². The highest BCUT2D eigenvalue weighted by molar-refractivity contribution is 6.32. The van der Waals surface area contributed by atoms with Crippen molar-refractivity contribution in [2.24, 2.45) is 0 Å². The number of nitrogens with two attached hydrogens (primary N) is 1. The minimum absolute atomic E-state index is 0.0384. The molecule has 29 heavy (non-hydrogen) atoms. The number of nitriles is 1. The number of amides is 1. The van der Waals surface area contributed by atoms with Crippen LogP contribution in [0.1, 0.15) is 17.1 Å². The van der Waals surface area contributed by atoms with Gasteiger partial charge in [0.15, 0.2) is 6.61 Å². The van der Waals surface area contributed by atoms with E-state index in [2.05, 4.69) is 15.2 Å². The molecule has 3 rings (SSSR count). The lowest BCUT2D eigenvalue weighted by atomic mass is 10.2. The molecule has 0 saturated heterocycles. The third-order valence-electron chi connectivity index (χ3n) is 3.72. The second-order valence-electron chi connectivity index (χ2n) is 5.81. The maximum Gasteiger partial charge on any atom is 0.312 e. The van der Waals surface area contributed by atoms with Crippen LogP contribution >= 0.6 is 11.6 Å². The first-order chi connectivity index (χ1) is 13.9. The Hall–Kier alpha value is -3.71. The second-order valence-corrected chi connectivity index (χ2v) is 6.22. The number of hydrogen-bond acceptors (Lipinski definition) is 8. The van der Waals surface area contributed by atoms with Gasteiger partial charge in [0, 0.05) is 18.8 Å².